The number of rotatable bonds is 7. The summed E-state index contributed by atoms with van der Waals surface area (Å²) in [5, 5.41) is 3.90. The Hall–Kier alpha value is -3.13. The monoisotopic (exact) mass is 438 g/mol. The highest BCUT2D eigenvalue weighted by Gasteiger charge is 2.42. The maximum absolute atomic E-state index is 12.3. The van der Waals surface area contributed by atoms with Gasteiger partial charge in [0.25, 0.3) is 0 Å². The smallest absolute Gasteiger partial charge is 0.325 e. The van der Waals surface area contributed by atoms with Crippen LogP contribution < -0.4 is 5.32 Å². The van der Waals surface area contributed by atoms with Gasteiger partial charge in [0.1, 0.15) is 12.3 Å². The Labute approximate surface area is 187 Å². The van der Waals surface area contributed by atoms with Crippen LogP contribution in [0.2, 0.25) is 0 Å². The number of nitrogens with zero attached hydrogens (tertiary/aromatic N) is 3. The van der Waals surface area contributed by atoms with Gasteiger partial charge in [0.15, 0.2) is 5.11 Å². The first-order valence-corrected chi connectivity index (χ1v) is 10.7. The van der Waals surface area contributed by atoms with Crippen LogP contribution in [0.3, 0.4) is 0 Å². The van der Waals surface area contributed by atoms with Gasteiger partial charge < -0.3 is 23.9 Å². The van der Waals surface area contributed by atoms with E-state index in [1.165, 1.54) is 0 Å². The lowest BCUT2D eigenvalue weighted by Crippen LogP contribution is -2.35. The Morgan fingerprint density at radius 3 is 2.81 bits per heavy atom. The van der Waals surface area contributed by atoms with Crippen molar-refractivity contribution in [2.24, 2.45) is 0 Å². The topological polar surface area (TPSA) is 72.5 Å². The maximum atomic E-state index is 12.3. The first-order valence-electron chi connectivity index (χ1n) is 10.3. The van der Waals surface area contributed by atoms with Crippen molar-refractivity contribution in [2.45, 2.75) is 39.4 Å². The summed E-state index contributed by atoms with van der Waals surface area (Å²) < 4.78 is 13.0. The van der Waals surface area contributed by atoms with E-state index in [4.69, 9.17) is 21.4 Å². The van der Waals surface area contributed by atoms with E-state index in [1.807, 2.05) is 35.2 Å². The molecule has 0 amide bonds. The fourth-order valence-corrected chi connectivity index (χ4v) is 4.49. The molecule has 0 radical (unpaired) electrons. The number of nitrogens with one attached hydrogen (secondary N) is 1. The summed E-state index contributed by atoms with van der Waals surface area (Å²) in [7, 11) is 0. The third-order valence-corrected chi connectivity index (χ3v) is 5.98. The summed E-state index contributed by atoms with van der Waals surface area (Å²) in [6.45, 7) is 7.01. The molecule has 1 fully saturated rings. The number of carbonyl (C=O) groups is 1. The molecule has 8 heteroatoms. The molecule has 0 aliphatic carbocycles. The number of thiocarbonyl (C=S) groups is 1. The SMILES string of the molecule is CCOC(=O)CN1C(=S)N[C@@H](c2ccccn2)[C@H]1c1cc(C)n(Cc2ccco2)c1C. The lowest BCUT2D eigenvalue weighted by Gasteiger charge is -2.27. The van der Waals surface area contributed by atoms with Crippen molar-refractivity contribution in [3.8, 4) is 0 Å². The van der Waals surface area contributed by atoms with Crippen molar-refractivity contribution in [2.75, 3.05) is 13.2 Å². The summed E-state index contributed by atoms with van der Waals surface area (Å²) in [6.07, 6.45) is 3.45. The number of esters is 1. The Morgan fingerprint density at radius 1 is 1.29 bits per heavy atom. The van der Waals surface area contributed by atoms with Crippen molar-refractivity contribution < 1.29 is 13.9 Å². The van der Waals surface area contributed by atoms with Gasteiger partial charge in [-0.1, -0.05) is 6.07 Å². The van der Waals surface area contributed by atoms with Gasteiger partial charge in [-0.3, -0.25) is 9.78 Å². The van der Waals surface area contributed by atoms with E-state index in [9.17, 15) is 4.79 Å². The lowest BCUT2D eigenvalue weighted by atomic mass is 9.97. The number of pyridine rings is 1. The molecule has 0 unspecified atom stereocenters. The van der Waals surface area contributed by atoms with E-state index in [2.05, 4.69) is 34.8 Å². The Bertz CT molecular complexity index is 1060. The molecule has 4 rings (SSSR count). The van der Waals surface area contributed by atoms with Crippen molar-refractivity contribution in [3.05, 3.63) is 77.3 Å². The van der Waals surface area contributed by atoms with Crippen LogP contribution in [0, 0.1) is 13.8 Å². The molecule has 1 aliphatic rings. The van der Waals surface area contributed by atoms with Crippen LogP contribution >= 0.6 is 12.2 Å². The van der Waals surface area contributed by atoms with Crippen LogP contribution in [-0.2, 0) is 16.1 Å². The lowest BCUT2D eigenvalue weighted by molar-refractivity contribution is -0.143. The van der Waals surface area contributed by atoms with Gasteiger partial charge in [-0.15, -0.1) is 0 Å². The molecule has 2 atom stereocenters. The van der Waals surface area contributed by atoms with E-state index in [1.54, 1.807) is 19.4 Å². The zero-order valence-corrected chi connectivity index (χ0v) is 18.7. The highest BCUT2D eigenvalue weighted by molar-refractivity contribution is 7.80. The summed E-state index contributed by atoms with van der Waals surface area (Å²) in [4.78, 5) is 18.8. The van der Waals surface area contributed by atoms with Crippen molar-refractivity contribution >= 4 is 23.3 Å². The van der Waals surface area contributed by atoms with Gasteiger partial charge in [0, 0.05) is 17.6 Å². The first-order chi connectivity index (χ1) is 15.0. The molecule has 0 aromatic carbocycles. The average molecular weight is 439 g/mol. The predicted octanol–water partition coefficient (Wildman–Crippen LogP) is 3.68. The van der Waals surface area contributed by atoms with Gasteiger partial charge in [0.05, 0.1) is 37.2 Å². The number of hydrogen-bond acceptors (Lipinski definition) is 5. The largest absolute Gasteiger partial charge is 0.467 e. The van der Waals surface area contributed by atoms with Gasteiger partial charge in [-0.2, -0.15) is 0 Å². The van der Waals surface area contributed by atoms with Crippen LogP contribution in [0.15, 0.2) is 53.3 Å². The molecule has 31 heavy (non-hydrogen) atoms. The Balaban J connectivity index is 1.74. The highest BCUT2D eigenvalue weighted by Crippen LogP contribution is 2.40. The molecule has 1 aliphatic heterocycles. The Kier molecular flexibility index (Phi) is 6.08. The van der Waals surface area contributed by atoms with Gasteiger partial charge in [-0.25, -0.2) is 0 Å². The quantitative estimate of drug-likeness (QED) is 0.446. The molecular formula is C23H26N4O3S. The minimum Gasteiger partial charge on any atom is -0.467 e. The minimum atomic E-state index is -0.303. The third kappa shape index (κ3) is 4.20. The van der Waals surface area contributed by atoms with Crippen molar-refractivity contribution in [3.63, 3.8) is 0 Å². The van der Waals surface area contributed by atoms with Gasteiger partial charge in [0.2, 0.25) is 0 Å². The summed E-state index contributed by atoms with van der Waals surface area (Å²) in [5.74, 6) is 0.584. The molecule has 7 nitrogen and oxygen atoms in total. The van der Waals surface area contributed by atoms with E-state index >= 15 is 0 Å². The van der Waals surface area contributed by atoms with Crippen molar-refractivity contribution in [1.82, 2.24) is 19.8 Å². The molecule has 1 saturated heterocycles. The van der Waals surface area contributed by atoms with Crippen molar-refractivity contribution in [1.29, 1.82) is 0 Å². The zero-order chi connectivity index (χ0) is 22.0. The number of aryl methyl sites for hydroxylation is 1. The number of ether oxygens (including phenoxy) is 1. The van der Waals surface area contributed by atoms with Crippen LogP contribution in [0.4, 0.5) is 0 Å². The fraction of sp³-hybridized carbons (Fsp3) is 0.348. The number of furan rings is 1. The fourth-order valence-electron chi connectivity index (χ4n) is 4.19. The average Bonchev–Trinajstić information content (AvgIpc) is 3.45. The van der Waals surface area contributed by atoms with E-state index in [0.717, 1.165) is 28.4 Å². The minimum absolute atomic E-state index is 0.0789. The second-order valence-corrected chi connectivity index (χ2v) is 7.94. The van der Waals surface area contributed by atoms with Crippen LogP contribution in [0.1, 0.15) is 47.4 Å². The molecule has 4 heterocycles. The molecule has 0 bridgehead atoms. The molecular weight excluding hydrogens is 412 g/mol. The van der Waals surface area contributed by atoms with E-state index < -0.39 is 0 Å². The molecule has 3 aromatic heterocycles. The first kappa shape index (κ1) is 21.1. The van der Waals surface area contributed by atoms with Crippen LogP contribution in [0.25, 0.3) is 0 Å². The van der Waals surface area contributed by atoms with E-state index in [-0.39, 0.29) is 24.6 Å². The number of aromatic nitrogens is 2. The second-order valence-electron chi connectivity index (χ2n) is 7.55. The summed E-state index contributed by atoms with van der Waals surface area (Å²) in [5.41, 5.74) is 4.17. The molecule has 162 valence electrons. The maximum Gasteiger partial charge on any atom is 0.325 e. The molecule has 1 N–H and O–H groups in total. The molecule has 0 saturated carbocycles. The normalized spacial score (nSPS) is 18.3. The standard InChI is InChI=1S/C23H26N4O3S/c1-4-29-20(28)14-27-22(21(25-23(27)31)19-9-5-6-10-24-19)18-12-15(2)26(16(18)3)13-17-8-7-11-30-17/h5-12,21-22H,4,13-14H2,1-3H3,(H,25,31)/t21-,22+/m0/s1. The number of carbonyl (C=O) groups excluding carboxylic acids is 1. The molecule has 0 spiro atoms. The second kappa shape index (κ2) is 8.93. The highest BCUT2D eigenvalue weighted by atomic mass is 32.1. The summed E-state index contributed by atoms with van der Waals surface area (Å²) in [6, 6.07) is 11.5. The molecule has 3 aromatic rings. The van der Waals surface area contributed by atoms with E-state index in [0.29, 0.717) is 18.3 Å². The Morgan fingerprint density at radius 2 is 2.13 bits per heavy atom. The van der Waals surface area contributed by atoms with Crippen LogP contribution in [0.5, 0.6) is 0 Å². The van der Waals surface area contributed by atoms with Crippen LogP contribution in [-0.4, -0.2) is 38.7 Å². The van der Waals surface area contributed by atoms with Gasteiger partial charge >= 0.3 is 5.97 Å². The predicted molar refractivity (Wildman–Crippen MR) is 121 cm³/mol. The summed E-state index contributed by atoms with van der Waals surface area (Å²) >= 11 is 5.63. The third-order valence-electron chi connectivity index (χ3n) is 5.63. The zero-order valence-electron chi connectivity index (χ0n) is 17.9. The van der Waals surface area contributed by atoms with Gasteiger partial charge in [-0.05, 0) is 68.9 Å². The number of hydrogen-bond donors (Lipinski definition) is 1.